The van der Waals surface area contributed by atoms with E-state index >= 15 is 0 Å². The Morgan fingerprint density at radius 3 is 2.90 bits per heavy atom. The van der Waals surface area contributed by atoms with Crippen molar-refractivity contribution in [2.24, 2.45) is 4.99 Å². The van der Waals surface area contributed by atoms with Crippen LogP contribution in [0.1, 0.15) is 30.1 Å². The van der Waals surface area contributed by atoms with E-state index in [2.05, 4.69) is 10.3 Å². The van der Waals surface area contributed by atoms with E-state index in [1.54, 1.807) is 13.1 Å². The van der Waals surface area contributed by atoms with Crippen molar-refractivity contribution in [3.05, 3.63) is 35.4 Å². The lowest BCUT2D eigenvalue weighted by Gasteiger charge is -2.35. The summed E-state index contributed by atoms with van der Waals surface area (Å²) in [6.45, 7) is 3.98. The summed E-state index contributed by atoms with van der Waals surface area (Å²) in [5.41, 5.74) is -0.151. The van der Waals surface area contributed by atoms with Crippen molar-refractivity contribution in [2.75, 3.05) is 53.1 Å². The zero-order valence-electron chi connectivity index (χ0n) is 16.6. The van der Waals surface area contributed by atoms with Crippen LogP contribution in [0.25, 0.3) is 0 Å². The van der Waals surface area contributed by atoms with Crippen molar-refractivity contribution in [2.45, 2.75) is 31.2 Å². The van der Waals surface area contributed by atoms with Gasteiger partial charge in [-0.1, -0.05) is 12.1 Å². The Bertz CT molecular complexity index is 678. The predicted molar refractivity (Wildman–Crippen MR) is 103 cm³/mol. The lowest BCUT2D eigenvalue weighted by atomic mass is 10.0. The molecule has 0 amide bonds. The number of alkyl halides is 3. The van der Waals surface area contributed by atoms with Gasteiger partial charge in [-0.2, -0.15) is 13.2 Å². The highest BCUT2D eigenvalue weighted by Gasteiger charge is 2.32. The minimum absolute atomic E-state index is 0.196. The number of aliphatic imine (C=N–C) groups is 1. The van der Waals surface area contributed by atoms with E-state index < -0.39 is 17.8 Å². The number of nitrogens with one attached hydrogen (secondary N) is 1. The van der Waals surface area contributed by atoms with Gasteiger partial charge in [0.2, 0.25) is 0 Å². The third kappa shape index (κ3) is 6.32. The van der Waals surface area contributed by atoms with Gasteiger partial charge in [-0.05, 0) is 30.5 Å². The number of guanidine groups is 1. The summed E-state index contributed by atoms with van der Waals surface area (Å²) in [6, 6.07) is 5.31. The van der Waals surface area contributed by atoms with Gasteiger partial charge >= 0.3 is 6.18 Å². The number of rotatable bonds is 6. The number of morpholine rings is 1. The Hall–Kier alpha value is -1.84. The van der Waals surface area contributed by atoms with Crippen LogP contribution in [-0.2, 0) is 20.4 Å². The summed E-state index contributed by atoms with van der Waals surface area (Å²) < 4.78 is 55.9. The van der Waals surface area contributed by atoms with Gasteiger partial charge in [0.05, 0.1) is 38.0 Å². The lowest BCUT2D eigenvalue weighted by Crippen LogP contribution is -2.48. The zero-order valence-corrected chi connectivity index (χ0v) is 16.6. The van der Waals surface area contributed by atoms with Crippen LogP contribution in [0.15, 0.2) is 29.3 Å². The number of benzene rings is 1. The number of hydrogen-bond donors (Lipinski definition) is 1. The molecule has 6 nitrogen and oxygen atoms in total. The molecule has 2 aliphatic heterocycles. The Kier molecular flexibility index (Phi) is 7.74. The first-order valence-electron chi connectivity index (χ1n) is 9.91. The average Bonchev–Trinajstić information content (AvgIpc) is 3.24. The van der Waals surface area contributed by atoms with Crippen LogP contribution in [0.4, 0.5) is 13.2 Å². The van der Waals surface area contributed by atoms with E-state index in [9.17, 15) is 13.2 Å². The van der Waals surface area contributed by atoms with Crippen LogP contribution in [-0.4, -0.2) is 70.1 Å². The molecule has 1 aromatic rings. The number of hydrogen-bond acceptors (Lipinski definition) is 4. The van der Waals surface area contributed by atoms with E-state index in [1.165, 1.54) is 6.07 Å². The molecule has 162 valence electrons. The lowest BCUT2D eigenvalue weighted by molar-refractivity contribution is -0.137. The van der Waals surface area contributed by atoms with Gasteiger partial charge in [0.1, 0.15) is 6.10 Å². The molecule has 2 atom stereocenters. The Balaban J connectivity index is 1.49. The van der Waals surface area contributed by atoms with E-state index in [0.29, 0.717) is 51.0 Å². The molecule has 0 radical (unpaired) electrons. The summed E-state index contributed by atoms with van der Waals surface area (Å²) in [5, 5.41) is 3.25. The van der Waals surface area contributed by atoms with E-state index in [-0.39, 0.29) is 6.10 Å². The van der Waals surface area contributed by atoms with Gasteiger partial charge in [-0.25, -0.2) is 0 Å². The highest BCUT2D eigenvalue weighted by Crippen LogP contribution is 2.32. The average molecular weight is 415 g/mol. The maximum absolute atomic E-state index is 13.0. The summed E-state index contributed by atoms with van der Waals surface area (Å²) >= 11 is 0. The monoisotopic (exact) mass is 415 g/mol. The van der Waals surface area contributed by atoms with E-state index in [0.717, 1.165) is 31.6 Å². The summed E-state index contributed by atoms with van der Waals surface area (Å²) in [5.74, 6) is 0.686. The first-order chi connectivity index (χ1) is 14.0. The number of nitrogens with zero attached hydrogens (tertiary/aromatic N) is 2. The van der Waals surface area contributed by atoms with Crippen LogP contribution >= 0.6 is 0 Å². The minimum atomic E-state index is -4.37. The van der Waals surface area contributed by atoms with Crippen molar-refractivity contribution in [1.82, 2.24) is 10.2 Å². The topological polar surface area (TPSA) is 55.3 Å². The van der Waals surface area contributed by atoms with Crippen molar-refractivity contribution >= 4 is 5.96 Å². The van der Waals surface area contributed by atoms with E-state index in [1.807, 2.05) is 4.90 Å². The molecule has 0 bridgehead atoms. The van der Waals surface area contributed by atoms with Gasteiger partial charge in [0, 0.05) is 26.7 Å². The maximum Gasteiger partial charge on any atom is 0.416 e. The Labute approximate surface area is 169 Å². The second kappa shape index (κ2) is 10.3. The predicted octanol–water partition coefficient (Wildman–Crippen LogP) is 2.85. The van der Waals surface area contributed by atoms with Gasteiger partial charge in [0.15, 0.2) is 5.96 Å². The quantitative estimate of drug-likeness (QED) is 0.440. The minimum Gasteiger partial charge on any atom is -0.377 e. The normalized spacial score (nSPS) is 23.4. The SMILES string of the molecule is CN=C(NCCOCC1CCCO1)N1CCOC(c2cccc(C(F)(F)F)c2)C1. The summed E-state index contributed by atoms with van der Waals surface area (Å²) in [4.78, 5) is 6.28. The van der Waals surface area contributed by atoms with Gasteiger partial charge < -0.3 is 24.4 Å². The molecule has 2 fully saturated rings. The standard InChI is InChI=1S/C20H28F3N3O3/c1-24-19(25-7-10-27-14-17-6-3-9-28-17)26-8-11-29-18(13-26)15-4-2-5-16(12-15)20(21,22)23/h2,4-5,12,17-18H,3,6-11,13-14H2,1H3,(H,24,25). The molecule has 0 aliphatic carbocycles. The Morgan fingerprint density at radius 1 is 1.31 bits per heavy atom. The van der Waals surface area contributed by atoms with Crippen molar-refractivity contribution in [3.63, 3.8) is 0 Å². The molecule has 2 unspecified atom stereocenters. The van der Waals surface area contributed by atoms with Gasteiger partial charge in [-0.3, -0.25) is 4.99 Å². The van der Waals surface area contributed by atoms with Gasteiger partial charge in [0.25, 0.3) is 0 Å². The molecular weight excluding hydrogens is 387 g/mol. The second-order valence-corrected chi connectivity index (χ2v) is 7.11. The number of halogens is 3. The fourth-order valence-corrected chi connectivity index (χ4v) is 3.52. The molecule has 2 aliphatic rings. The fourth-order valence-electron chi connectivity index (χ4n) is 3.52. The molecule has 0 spiro atoms. The van der Waals surface area contributed by atoms with Crippen LogP contribution in [0, 0.1) is 0 Å². The van der Waals surface area contributed by atoms with Crippen molar-refractivity contribution in [1.29, 1.82) is 0 Å². The van der Waals surface area contributed by atoms with Crippen LogP contribution in [0.5, 0.6) is 0 Å². The third-order valence-electron chi connectivity index (χ3n) is 5.02. The highest BCUT2D eigenvalue weighted by atomic mass is 19.4. The van der Waals surface area contributed by atoms with Crippen LogP contribution in [0.3, 0.4) is 0 Å². The van der Waals surface area contributed by atoms with E-state index in [4.69, 9.17) is 14.2 Å². The third-order valence-corrected chi connectivity index (χ3v) is 5.02. The fraction of sp³-hybridized carbons (Fsp3) is 0.650. The summed E-state index contributed by atoms with van der Waals surface area (Å²) in [7, 11) is 1.68. The number of ether oxygens (including phenoxy) is 3. The molecule has 0 saturated carbocycles. The van der Waals surface area contributed by atoms with Crippen molar-refractivity contribution in [3.8, 4) is 0 Å². The van der Waals surface area contributed by atoms with Gasteiger partial charge in [-0.15, -0.1) is 0 Å². The smallest absolute Gasteiger partial charge is 0.377 e. The Morgan fingerprint density at radius 2 is 2.17 bits per heavy atom. The molecule has 2 saturated heterocycles. The van der Waals surface area contributed by atoms with Crippen LogP contribution in [0.2, 0.25) is 0 Å². The molecule has 2 heterocycles. The molecular formula is C20H28F3N3O3. The largest absolute Gasteiger partial charge is 0.416 e. The molecule has 9 heteroatoms. The second-order valence-electron chi connectivity index (χ2n) is 7.11. The summed E-state index contributed by atoms with van der Waals surface area (Å²) in [6.07, 6.45) is -2.49. The van der Waals surface area contributed by atoms with Crippen molar-refractivity contribution < 1.29 is 27.4 Å². The molecule has 29 heavy (non-hydrogen) atoms. The molecule has 1 aromatic carbocycles. The molecule has 1 N–H and O–H groups in total. The first kappa shape index (κ1) is 21.9. The maximum atomic E-state index is 13.0. The highest BCUT2D eigenvalue weighted by molar-refractivity contribution is 5.80. The molecule has 0 aromatic heterocycles. The zero-order chi connectivity index (χ0) is 20.7. The van der Waals surface area contributed by atoms with Crippen LogP contribution < -0.4 is 5.32 Å². The molecule has 3 rings (SSSR count). The first-order valence-corrected chi connectivity index (χ1v) is 9.91.